The summed E-state index contributed by atoms with van der Waals surface area (Å²) in [5.41, 5.74) is 22.4. The Labute approximate surface area is 759 Å². The van der Waals surface area contributed by atoms with Crippen molar-refractivity contribution in [3.05, 3.63) is 70.8 Å². The van der Waals surface area contributed by atoms with Crippen LogP contribution >= 0.6 is 89.4 Å². The fraction of sp³-hybridized carbons (Fsp3) is 0.527. The molecule has 35 nitrogen and oxygen atoms in total. The van der Waals surface area contributed by atoms with Gasteiger partial charge in [0.1, 0.15) is 66.8 Å². The molecule has 0 aliphatic carbocycles. The zero-order valence-corrected chi connectivity index (χ0v) is 75.1. The molecule has 2 aromatic carbocycles. The Morgan fingerprint density at radius 2 is 0.837 bits per heavy atom. The summed E-state index contributed by atoms with van der Waals surface area (Å²) in [7, 11) is 6.17. The number of benzene rings is 2. The number of thiazole rings is 2. The number of amides is 6. The molecule has 55 heteroatoms. The number of carbonyl (C=O) groups is 14. The van der Waals surface area contributed by atoms with Crippen LogP contribution in [0, 0.1) is 0 Å². The highest BCUT2D eigenvalue weighted by molar-refractivity contribution is 8.77. The molecule has 0 spiro atoms. The number of fused-ring (bicyclic) bond motifs is 2. The molecule has 0 radical (unpaired) electrons. The maximum atomic E-state index is 14.0. The van der Waals surface area contributed by atoms with Crippen LogP contribution in [0.1, 0.15) is 120 Å². The average Bonchev–Trinajstić information content (AvgIpc) is 1.66. The van der Waals surface area contributed by atoms with Gasteiger partial charge in [0, 0.05) is 54.0 Å². The third-order valence-corrected chi connectivity index (χ3v) is 26.1. The predicted octanol–water partition coefficient (Wildman–Crippen LogP) is 6.37. The number of thioether (sulfide) groups is 2. The molecule has 3 aromatic heterocycles. The van der Waals surface area contributed by atoms with Crippen molar-refractivity contribution in [3.63, 3.8) is 0 Å². The number of hydrogen-bond acceptors (Lipinski definition) is 31. The number of primary amides is 1. The van der Waals surface area contributed by atoms with Gasteiger partial charge in [-0.15, -0.1) is 46.2 Å². The van der Waals surface area contributed by atoms with Crippen LogP contribution in [0.2, 0.25) is 0 Å². The number of halogens is 12. The van der Waals surface area contributed by atoms with Crippen molar-refractivity contribution in [2.24, 2.45) is 15.7 Å². The van der Waals surface area contributed by atoms with Gasteiger partial charge in [-0.3, -0.25) is 57.9 Å². The third kappa shape index (κ3) is 42.3. The average molecular weight is 2000 g/mol. The van der Waals surface area contributed by atoms with E-state index >= 15 is 0 Å². The number of nitrogens with one attached hydrogen (secondary N) is 5. The Kier molecular flexibility index (Phi) is 49.7. The lowest BCUT2D eigenvalue weighted by molar-refractivity contribution is -0.369. The molecule has 714 valence electrons. The van der Waals surface area contributed by atoms with E-state index in [4.69, 9.17) is 29.8 Å². The van der Waals surface area contributed by atoms with E-state index in [1.54, 1.807) is 64.2 Å². The Morgan fingerprint density at radius 3 is 1.17 bits per heavy atom. The molecule has 7 atom stereocenters. The third-order valence-electron chi connectivity index (χ3n) is 16.8. The predicted molar refractivity (Wildman–Crippen MR) is 455 cm³/mol. The van der Waals surface area contributed by atoms with Crippen LogP contribution in [-0.2, 0) is 67.0 Å². The van der Waals surface area contributed by atoms with E-state index in [1.807, 2.05) is 18.2 Å². The summed E-state index contributed by atoms with van der Waals surface area (Å²) in [6.07, 6.45) is -13.9. The van der Waals surface area contributed by atoms with Crippen molar-refractivity contribution >= 4 is 203 Å². The molecule has 0 bridgehead atoms. The standard InChI is InChI=1S/C45H72N12O11S4.C21H19N3O5S4.2C4F6O2/c1-27(58)51-34(26-71-70-23-11-10-22-67-45(66)68-28-16-17-29-36(24-28)72-43(56-29)42-57-35(25-69-42)44(64)65)41(63)55-33(15-5-9-21-49)40(62)54-32(14-4-8-20-48)39(61)53-31(13-3-7-19-47)38(60)52-30(37(50)59)12-2-6-18-46;25-20(26)15-12-30-18(24-15)19-23-14-7-6-13(11-16(14)32-19)29-21(27)28-9-3-4-10-31-33-17-5-1-2-8-22-17;2*5-3(6,7)1(11)2(12)4(8,9)10/h16-17,24,30-35H,2-15,18-23,25-26,46-49H2,1H3,(H2,50,59)(H,51,58)(H,52,60)(H,53,61)(H,54,62)(H,55,63)(H,64,65);1-2,5-8,11,15H,3-4,9-10,12H2,(H,25,26);;/p+4/t30-,31-,32-,33-,34+,35-;15-;;/m11../s1. The molecule has 0 saturated carbocycles. The Hall–Kier alpha value is -9.21. The summed E-state index contributed by atoms with van der Waals surface area (Å²) in [6.45, 7) is 4.18. The summed E-state index contributed by atoms with van der Waals surface area (Å²) in [4.78, 5) is 187. The number of carboxylic acids is 2. The summed E-state index contributed by atoms with van der Waals surface area (Å²) < 4.78 is 157. The first-order valence-corrected chi connectivity index (χ1v) is 47.5. The van der Waals surface area contributed by atoms with Crippen molar-refractivity contribution in [1.82, 2.24) is 41.5 Å². The lowest BCUT2D eigenvalue weighted by Crippen LogP contribution is -2.59. The maximum Gasteiger partial charge on any atom is 0.513 e. The van der Waals surface area contributed by atoms with Gasteiger partial charge in [0.2, 0.25) is 35.4 Å². The number of aliphatic imine (C=N–C) groups is 2. The van der Waals surface area contributed by atoms with Gasteiger partial charge >= 0.3 is 72.1 Å². The fourth-order valence-corrected chi connectivity index (χ4v) is 18.9. The lowest BCUT2D eigenvalue weighted by atomic mass is 10.0. The second-order valence-corrected chi connectivity index (χ2v) is 36.2. The van der Waals surface area contributed by atoms with E-state index < -0.39 is 150 Å². The second-order valence-electron chi connectivity index (χ2n) is 27.1. The van der Waals surface area contributed by atoms with Gasteiger partial charge in [-0.2, -0.15) is 52.7 Å². The molecule has 21 N–H and O–H groups in total. The van der Waals surface area contributed by atoms with Crippen LogP contribution in [0.5, 0.6) is 11.5 Å². The number of ether oxygens (including phenoxy) is 4. The van der Waals surface area contributed by atoms with Crippen LogP contribution in [0.25, 0.3) is 20.4 Å². The summed E-state index contributed by atoms with van der Waals surface area (Å²) >= 11 is 5.42. The van der Waals surface area contributed by atoms with Crippen molar-refractivity contribution in [1.29, 1.82) is 0 Å². The smallest absolute Gasteiger partial charge is 0.480 e. The van der Waals surface area contributed by atoms with Crippen LogP contribution < -0.4 is 64.7 Å². The Balaban J connectivity index is 0.000000491. The molecule has 7 rings (SSSR count). The van der Waals surface area contributed by atoms with E-state index in [1.165, 1.54) is 74.7 Å². The highest BCUT2D eigenvalue weighted by Gasteiger charge is 2.55. The van der Waals surface area contributed by atoms with Gasteiger partial charge < -0.3 is 84.4 Å². The number of nitrogens with two attached hydrogens (primary N) is 1. The van der Waals surface area contributed by atoms with E-state index in [2.05, 4.69) is 74.5 Å². The number of alkyl halides is 12. The number of Topliss-reactive ketones (excluding diaryl/α,β-unsaturated/α-hetero) is 4. The van der Waals surface area contributed by atoms with E-state index in [-0.39, 0.29) is 37.4 Å². The highest BCUT2D eigenvalue weighted by atomic mass is 33.1. The number of hydrogen-bond donors (Lipinski definition) is 12. The minimum absolute atomic E-state index is 0.105. The number of aliphatic carboxylic acids is 2. The highest BCUT2D eigenvalue weighted by Crippen LogP contribution is 2.36. The molecule has 0 saturated heterocycles. The summed E-state index contributed by atoms with van der Waals surface area (Å²) in [6, 6.07) is 9.30. The van der Waals surface area contributed by atoms with Crippen molar-refractivity contribution in [2.75, 3.05) is 68.2 Å². The summed E-state index contributed by atoms with van der Waals surface area (Å²) in [5, 5.41) is 35.6. The molecule has 2 aliphatic rings. The number of ketones is 4. The van der Waals surface area contributed by atoms with E-state index in [0.717, 1.165) is 45.0 Å². The molecule has 5 aromatic rings. The molecule has 0 fully saturated rings. The molecular formula is C74H95F12N15O20S8+4. The minimum atomic E-state index is -5.77. The van der Waals surface area contributed by atoms with Crippen molar-refractivity contribution in [3.8, 4) is 11.5 Å². The molecular weight excluding hydrogens is 1900 g/mol. The zero-order chi connectivity index (χ0) is 96.2. The van der Waals surface area contributed by atoms with Crippen LogP contribution in [0.15, 0.2) is 75.8 Å². The Morgan fingerprint density at radius 1 is 0.473 bits per heavy atom. The number of rotatable bonds is 49. The topological polar surface area (TPSA) is 576 Å². The molecule has 5 heterocycles. The number of nitrogens with zero attached hydrogens (tertiary/aromatic N) is 5. The number of aromatic nitrogens is 3. The molecule has 2 aliphatic heterocycles. The summed E-state index contributed by atoms with van der Waals surface area (Å²) in [5.74, 6) is -15.9. The number of carboxylic acid groups (broad SMARTS) is 2. The van der Waals surface area contributed by atoms with Gasteiger partial charge in [-0.1, -0.05) is 38.4 Å². The van der Waals surface area contributed by atoms with E-state index in [0.29, 0.717) is 146 Å². The van der Waals surface area contributed by atoms with Crippen molar-refractivity contribution < 1.29 is 172 Å². The number of carbonyl (C=O) groups excluding carboxylic acids is 12. The largest absolute Gasteiger partial charge is 0.513 e. The monoisotopic (exact) mass is 2000 g/mol. The number of unbranched alkanes of at least 4 members (excludes halogenated alkanes) is 6. The second kappa shape index (κ2) is 57.2. The Bertz CT molecular complexity index is 4560. The van der Waals surface area contributed by atoms with Gasteiger partial charge in [0.05, 0.1) is 59.8 Å². The van der Waals surface area contributed by atoms with Gasteiger partial charge in [0.25, 0.3) is 0 Å². The molecule has 129 heavy (non-hydrogen) atoms. The van der Waals surface area contributed by atoms with Crippen molar-refractivity contribution in [2.45, 2.75) is 182 Å². The first kappa shape index (κ1) is 112. The fourth-order valence-electron chi connectivity index (χ4n) is 10.3. The number of quaternary nitrogens is 4. The first-order chi connectivity index (χ1) is 60.8. The quantitative estimate of drug-likeness (QED) is 0.00502. The van der Waals surface area contributed by atoms with Crippen LogP contribution in [-0.4, -0.2) is 253 Å². The molecule has 0 unspecified atom stereocenters. The zero-order valence-electron chi connectivity index (χ0n) is 68.6. The maximum absolute atomic E-state index is 14.0. The van der Waals surface area contributed by atoms with Gasteiger partial charge in [-0.25, -0.2) is 34.1 Å². The van der Waals surface area contributed by atoms with E-state index in [9.17, 15) is 125 Å². The van der Waals surface area contributed by atoms with Crippen LogP contribution in [0.3, 0.4) is 0 Å². The SMILES string of the molecule is CC(=O)N[C@@H](CSSCCCCOC(=O)Oc1ccc2nc(C3=N[C@@H](C(=O)O)CS3)sc2c1)C(=O)N[C@H](CCCC[NH3+])C(=O)N[C@H](CCCC[NH3+])C(=O)N[C@H](CCCC[NH3+])C(=O)N[C@H](CCCC[NH3+])C(N)=O.O=C(C(=O)C(F)(F)F)C(F)(F)F.O=C(C(=O)C(F)(F)F)C(F)(F)F.O=C(OCCCCSSc1ccccn1)Oc1ccc2nc(C3=N[C@@H](C(=O)O)CS3)sc2c1. The van der Waals surface area contributed by atoms with Gasteiger partial charge in [-0.05, 0) is 150 Å². The lowest BCUT2D eigenvalue weighted by Gasteiger charge is -2.27. The first-order valence-electron chi connectivity index (χ1n) is 39.0. The van der Waals surface area contributed by atoms with Crippen LogP contribution in [0.4, 0.5) is 62.3 Å². The number of pyridine rings is 1. The van der Waals surface area contributed by atoms with Gasteiger partial charge in [0.15, 0.2) is 12.1 Å². The minimum Gasteiger partial charge on any atom is -0.480 e. The normalized spacial score (nSPS) is 14.9. The molecule has 6 amide bonds.